The molecule has 1 rings (SSSR count). The zero-order valence-corrected chi connectivity index (χ0v) is 11.1. The molecule has 0 heterocycles. The van der Waals surface area contributed by atoms with Crippen LogP contribution in [0, 0.1) is 0 Å². The van der Waals surface area contributed by atoms with E-state index in [0.717, 1.165) is 0 Å². The molecule has 0 unspecified atom stereocenters. The monoisotopic (exact) mass is 273 g/mol. The predicted molar refractivity (Wildman–Crippen MR) is 66.3 cm³/mol. The lowest BCUT2D eigenvalue weighted by atomic mass is 10.0. The molecule has 0 aliphatic heterocycles. The molecule has 0 bridgehead atoms. The van der Waals surface area contributed by atoms with Crippen LogP contribution in [-0.4, -0.2) is 41.7 Å². The number of halogens is 2. The molecular weight excluding hydrogens is 256 g/mol. The number of carbonyl (C=O) groups is 1. The second-order valence-electron chi connectivity index (χ2n) is 4.74. The topological polar surface area (TPSA) is 49.8 Å². The van der Waals surface area contributed by atoms with Gasteiger partial charge in [-0.2, -0.15) is 8.78 Å². The summed E-state index contributed by atoms with van der Waals surface area (Å²) in [5, 5.41) is 9.21. The van der Waals surface area contributed by atoms with Gasteiger partial charge in [-0.15, -0.1) is 0 Å². The average Bonchev–Trinajstić information content (AvgIpc) is 2.37. The van der Waals surface area contributed by atoms with E-state index < -0.39 is 12.2 Å². The number of alkyl halides is 2. The lowest BCUT2D eigenvalue weighted by Crippen LogP contribution is -2.47. The van der Waals surface area contributed by atoms with Gasteiger partial charge in [0.2, 0.25) is 0 Å². The first-order valence-corrected chi connectivity index (χ1v) is 5.72. The molecule has 0 atom stereocenters. The number of rotatable bonds is 5. The lowest BCUT2D eigenvalue weighted by molar-refractivity contribution is -0.0498. The third kappa shape index (κ3) is 3.89. The molecule has 1 aromatic carbocycles. The Morgan fingerprint density at radius 2 is 1.89 bits per heavy atom. The fourth-order valence-corrected chi connectivity index (χ4v) is 1.35. The van der Waals surface area contributed by atoms with Gasteiger partial charge in [-0.05, 0) is 38.1 Å². The molecule has 4 nitrogen and oxygen atoms in total. The largest absolute Gasteiger partial charge is 0.435 e. The zero-order valence-electron chi connectivity index (χ0n) is 11.1. The molecule has 0 aliphatic carbocycles. The quantitative estimate of drug-likeness (QED) is 0.894. The van der Waals surface area contributed by atoms with E-state index in [4.69, 9.17) is 0 Å². The van der Waals surface area contributed by atoms with Crippen molar-refractivity contribution in [1.29, 1.82) is 0 Å². The maximum absolute atomic E-state index is 12.1. The van der Waals surface area contributed by atoms with Gasteiger partial charge in [0.25, 0.3) is 5.91 Å². The van der Waals surface area contributed by atoms with Gasteiger partial charge < -0.3 is 14.7 Å². The van der Waals surface area contributed by atoms with E-state index in [1.54, 1.807) is 20.9 Å². The molecule has 0 aliphatic rings. The Morgan fingerprint density at radius 3 is 2.32 bits per heavy atom. The third-order valence-electron chi connectivity index (χ3n) is 2.93. The van der Waals surface area contributed by atoms with E-state index in [1.807, 2.05) is 0 Å². The summed E-state index contributed by atoms with van der Waals surface area (Å²) in [6.07, 6.45) is 0. The van der Waals surface area contributed by atoms with E-state index in [9.17, 15) is 18.7 Å². The average molecular weight is 273 g/mol. The van der Waals surface area contributed by atoms with Crippen LogP contribution >= 0.6 is 0 Å². The molecule has 6 heteroatoms. The number of ether oxygens (including phenoxy) is 1. The number of amides is 1. The Kier molecular flexibility index (Phi) is 4.83. The predicted octanol–water partition coefficient (Wildman–Crippen LogP) is 2.13. The van der Waals surface area contributed by atoms with Gasteiger partial charge in [-0.25, -0.2) is 0 Å². The minimum absolute atomic E-state index is 0.00405. The van der Waals surface area contributed by atoms with E-state index in [0.29, 0.717) is 5.56 Å². The molecular formula is C13H17F2NO3. The number of nitrogens with zero attached hydrogens (tertiary/aromatic N) is 1. The van der Waals surface area contributed by atoms with Crippen molar-refractivity contribution in [3.8, 4) is 5.75 Å². The van der Waals surface area contributed by atoms with Crippen LogP contribution in [-0.2, 0) is 0 Å². The number of aliphatic hydroxyl groups excluding tert-OH is 1. The maximum atomic E-state index is 12.1. The number of hydrogen-bond donors (Lipinski definition) is 1. The molecule has 0 radical (unpaired) electrons. The normalized spacial score (nSPS) is 11.5. The van der Waals surface area contributed by atoms with Crippen molar-refractivity contribution in [2.24, 2.45) is 0 Å². The lowest BCUT2D eigenvalue weighted by Gasteiger charge is -2.34. The first-order valence-electron chi connectivity index (χ1n) is 5.72. The van der Waals surface area contributed by atoms with Gasteiger partial charge in [0.05, 0.1) is 12.1 Å². The van der Waals surface area contributed by atoms with Crippen LogP contribution in [0.5, 0.6) is 5.75 Å². The van der Waals surface area contributed by atoms with Gasteiger partial charge in [-0.1, -0.05) is 0 Å². The second kappa shape index (κ2) is 5.97. The molecule has 1 aromatic rings. The zero-order chi connectivity index (χ0) is 14.6. The van der Waals surface area contributed by atoms with Crippen LogP contribution in [0.25, 0.3) is 0 Å². The summed E-state index contributed by atoms with van der Waals surface area (Å²) < 4.78 is 28.2. The number of hydrogen-bond acceptors (Lipinski definition) is 3. The maximum Gasteiger partial charge on any atom is 0.387 e. The molecule has 1 amide bonds. The van der Waals surface area contributed by atoms with E-state index >= 15 is 0 Å². The van der Waals surface area contributed by atoms with E-state index in [-0.39, 0.29) is 18.3 Å². The van der Waals surface area contributed by atoms with Crippen molar-refractivity contribution in [2.45, 2.75) is 26.0 Å². The Bertz CT molecular complexity index is 432. The highest BCUT2D eigenvalue weighted by Crippen LogP contribution is 2.19. The van der Waals surface area contributed by atoms with E-state index in [2.05, 4.69) is 4.74 Å². The molecule has 106 valence electrons. The molecule has 0 saturated heterocycles. The number of likely N-dealkylation sites (N-methyl/N-ethyl adjacent to an activating group) is 1. The first-order chi connectivity index (χ1) is 8.77. The van der Waals surface area contributed by atoms with Gasteiger partial charge in [0.1, 0.15) is 5.75 Å². The smallest absolute Gasteiger partial charge is 0.387 e. The first kappa shape index (κ1) is 15.4. The summed E-state index contributed by atoms with van der Waals surface area (Å²) in [5.41, 5.74) is -0.361. The fourth-order valence-electron chi connectivity index (χ4n) is 1.35. The minimum atomic E-state index is -2.89. The molecule has 19 heavy (non-hydrogen) atoms. The highest BCUT2D eigenvalue weighted by Gasteiger charge is 2.27. The van der Waals surface area contributed by atoms with E-state index in [1.165, 1.54) is 29.2 Å². The minimum Gasteiger partial charge on any atom is -0.435 e. The summed E-state index contributed by atoms with van der Waals surface area (Å²) in [7, 11) is 1.57. The van der Waals surface area contributed by atoms with Crippen LogP contribution < -0.4 is 4.74 Å². The SMILES string of the molecule is CN(C(=O)c1ccc(OC(F)F)cc1)C(C)(C)CO. The van der Waals surface area contributed by atoms with Crippen molar-refractivity contribution in [3.63, 3.8) is 0 Å². The van der Waals surface area contributed by atoms with Crippen molar-refractivity contribution in [1.82, 2.24) is 4.90 Å². The number of carbonyl (C=O) groups excluding carboxylic acids is 1. The highest BCUT2D eigenvalue weighted by molar-refractivity contribution is 5.94. The number of aliphatic hydroxyl groups is 1. The summed E-state index contributed by atoms with van der Waals surface area (Å²) in [4.78, 5) is 13.5. The van der Waals surface area contributed by atoms with Gasteiger partial charge in [0.15, 0.2) is 0 Å². The summed E-state index contributed by atoms with van der Waals surface area (Å²) in [5.74, 6) is -0.307. The second-order valence-corrected chi connectivity index (χ2v) is 4.74. The van der Waals surface area contributed by atoms with Crippen LogP contribution in [0.2, 0.25) is 0 Å². The summed E-state index contributed by atoms with van der Waals surface area (Å²) in [6.45, 7) is 0.373. The standard InChI is InChI=1S/C13H17F2NO3/c1-13(2,8-17)16(3)11(18)9-4-6-10(7-5-9)19-12(14)15/h4-7,12,17H,8H2,1-3H3. The van der Waals surface area contributed by atoms with Crippen molar-refractivity contribution < 1.29 is 23.4 Å². The molecule has 0 fully saturated rings. The van der Waals surface area contributed by atoms with Gasteiger partial charge in [0, 0.05) is 12.6 Å². The number of benzene rings is 1. The Balaban J connectivity index is 2.84. The molecule has 0 aromatic heterocycles. The highest BCUT2D eigenvalue weighted by atomic mass is 19.3. The van der Waals surface area contributed by atoms with Crippen LogP contribution in [0.15, 0.2) is 24.3 Å². The summed E-state index contributed by atoms with van der Waals surface area (Å²) in [6, 6.07) is 5.42. The third-order valence-corrected chi connectivity index (χ3v) is 2.93. The van der Waals surface area contributed by atoms with Crippen LogP contribution in [0.3, 0.4) is 0 Å². The Morgan fingerprint density at radius 1 is 1.37 bits per heavy atom. The van der Waals surface area contributed by atoms with Gasteiger partial charge >= 0.3 is 6.61 Å². The van der Waals surface area contributed by atoms with Crippen molar-refractivity contribution >= 4 is 5.91 Å². The fraction of sp³-hybridized carbons (Fsp3) is 0.462. The Hall–Kier alpha value is -1.69. The molecule has 0 saturated carbocycles. The van der Waals surface area contributed by atoms with Gasteiger partial charge in [-0.3, -0.25) is 4.79 Å². The molecule has 0 spiro atoms. The van der Waals surface area contributed by atoms with Crippen LogP contribution in [0.1, 0.15) is 24.2 Å². The van der Waals surface area contributed by atoms with Crippen molar-refractivity contribution in [2.75, 3.05) is 13.7 Å². The summed E-state index contributed by atoms with van der Waals surface area (Å²) >= 11 is 0. The van der Waals surface area contributed by atoms with Crippen LogP contribution in [0.4, 0.5) is 8.78 Å². The molecule has 1 N–H and O–H groups in total. The van der Waals surface area contributed by atoms with Crippen molar-refractivity contribution in [3.05, 3.63) is 29.8 Å². The Labute approximate surface area is 110 Å².